The molecular formula is C17H25N3O2. The minimum absolute atomic E-state index is 0.0695. The van der Waals surface area contributed by atoms with Crippen molar-refractivity contribution in [1.82, 2.24) is 4.90 Å². The van der Waals surface area contributed by atoms with E-state index in [1.165, 1.54) is 0 Å². The minimum atomic E-state index is -0.559. The molecule has 0 aromatic heterocycles. The van der Waals surface area contributed by atoms with E-state index in [1.807, 2.05) is 17.9 Å². The Morgan fingerprint density at radius 1 is 1.32 bits per heavy atom. The zero-order valence-electron chi connectivity index (χ0n) is 13.6. The number of carbonyl (C=O) groups is 2. The summed E-state index contributed by atoms with van der Waals surface area (Å²) in [6.07, 6.45) is 2.13. The van der Waals surface area contributed by atoms with Crippen LogP contribution in [-0.2, 0) is 4.79 Å². The van der Waals surface area contributed by atoms with Crippen LogP contribution in [0.1, 0.15) is 42.6 Å². The summed E-state index contributed by atoms with van der Waals surface area (Å²) in [6, 6.07) is 4.81. The molecule has 3 N–H and O–H groups in total. The Balaban J connectivity index is 2.08. The van der Waals surface area contributed by atoms with Crippen LogP contribution in [0.2, 0.25) is 0 Å². The Bertz CT molecular complexity index is 561. The van der Waals surface area contributed by atoms with Gasteiger partial charge in [-0.2, -0.15) is 0 Å². The summed E-state index contributed by atoms with van der Waals surface area (Å²) in [7, 11) is 0. The highest BCUT2D eigenvalue weighted by atomic mass is 16.2. The standard InChI is InChI=1S/C17H25N3O2/c1-11-6-8-20(9-7-11)17(22)14-4-5-15(12(2)10-14)19-16(21)13(3)18/h4-5,10-11,13H,6-9,18H2,1-3H3,(H,19,21)/t13-/m0/s1. The van der Waals surface area contributed by atoms with Crippen molar-refractivity contribution >= 4 is 17.5 Å². The van der Waals surface area contributed by atoms with E-state index in [9.17, 15) is 9.59 Å². The Morgan fingerprint density at radius 2 is 1.95 bits per heavy atom. The monoisotopic (exact) mass is 303 g/mol. The van der Waals surface area contributed by atoms with Crippen LogP contribution in [0.3, 0.4) is 0 Å². The predicted molar refractivity (Wildman–Crippen MR) is 87.8 cm³/mol. The number of nitrogens with one attached hydrogen (secondary N) is 1. The average molecular weight is 303 g/mol. The Labute approximate surface area is 131 Å². The number of amides is 2. The average Bonchev–Trinajstić information content (AvgIpc) is 2.49. The van der Waals surface area contributed by atoms with Crippen LogP contribution >= 0.6 is 0 Å². The number of piperidine rings is 1. The van der Waals surface area contributed by atoms with Gasteiger partial charge in [-0.15, -0.1) is 0 Å². The molecule has 0 radical (unpaired) electrons. The molecule has 22 heavy (non-hydrogen) atoms. The third kappa shape index (κ3) is 3.85. The van der Waals surface area contributed by atoms with Gasteiger partial charge in [0.1, 0.15) is 0 Å². The van der Waals surface area contributed by atoms with E-state index in [4.69, 9.17) is 5.73 Å². The molecule has 1 fully saturated rings. The molecule has 0 aliphatic carbocycles. The van der Waals surface area contributed by atoms with Crippen molar-refractivity contribution in [2.45, 2.75) is 39.7 Å². The maximum absolute atomic E-state index is 12.5. The van der Waals surface area contributed by atoms with Crippen molar-refractivity contribution in [2.24, 2.45) is 11.7 Å². The third-order valence-electron chi connectivity index (χ3n) is 4.22. The summed E-state index contributed by atoms with van der Waals surface area (Å²) in [6.45, 7) is 7.39. The largest absolute Gasteiger partial charge is 0.339 e. The van der Waals surface area contributed by atoms with Gasteiger partial charge in [-0.05, 0) is 56.4 Å². The van der Waals surface area contributed by atoms with Crippen molar-refractivity contribution in [3.63, 3.8) is 0 Å². The van der Waals surface area contributed by atoms with Crippen molar-refractivity contribution in [3.8, 4) is 0 Å². The van der Waals surface area contributed by atoms with E-state index >= 15 is 0 Å². The number of aryl methyl sites for hydroxylation is 1. The van der Waals surface area contributed by atoms with Gasteiger partial charge in [0.05, 0.1) is 6.04 Å². The number of anilines is 1. The molecule has 1 aliphatic heterocycles. The van der Waals surface area contributed by atoms with Crippen molar-refractivity contribution < 1.29 is 9.59 Å². The van der Waals surface area contributed by atoms with Gasteiger partial charge in [-0.1, -0.05) is 6.92 Å². The molecule has 1 aliphatic rings. The first kappa shape index (κ1) is 16.5. The van der Waals surface area contributed by atoms with E-state index in [0.717, 1.165) is 31.5 Å². The SMILES string of the molecule is Cc1cc(C(=O)N2CCC(C)CC2)ccc1NC(=O)[C@H](C)N. The number of likely N-dealkylation sites (tertiary alicyclic amines) is 1. The fourth-order valence-electron chi connectivity index (χ4n) is 2.58. The lowest BCUT2D eigenvalue weighted by Crippen LogP contribution is -2.38. The molecular weight excluding hydrogens is 278 g/mol. The Hall–Kier alpha value is -1.88. The number of benzene rings is 1. The number of hydrogen-bond acceptors (Lipinski definition) is 3. The number of rotatable bonds is 3. The highest BCUT2D eigenvalue weighted by molar-refractivity contribution is 5.97. The molecule has 0 bridgehead atoms. The summed E-state index contributed by atoms with van der Waals surface area (Å²) in [5.74, 6) is 0.536. The van der Waals surface area contributed by atoms with E-state index in [2.05, 4.69) is 12.2 Å². The lowest BCUT2D eigenvalue weighted by Gasteiger charge is -2.30. The van der Waals surface area contributed by atoms with Crippen molar-refractivity contribution in [1.29, 1.82) is 0 Å². The maximum atomic E-state index is 12.5. The molecule has 5 heteroatoms. The number of nitrogens with zero attached hydrogens (tertiary/aromatic N) is 1. The molecule has 0 saturated carbocycles. The molecule has 1 heterocycles. The number of nitrogens with two attached hydrogens (primary N) is 1. The molecule has 0 spiro atoms. The molecule has 120 valence electrons. The first-order valence-corrected chi connectivity index (χ1v) is 7.85. The molecule has 1 atom stereocenters. The fourth-order valence-corrected chi connectivity index (χ4v) is 2.58. The van der Waals surface area contributed by atoms with Gasteiger partial charge in [0, 0.05) is 24.3 Å². The van der Waals surface area contributed by atoms with E-state index < -0.39 is 6.04 Å². The molecule has 1 saturated heterocycles. The molecule has 0 unspecified atom stereocenters. The second-order valence-electron chi connectivity index (χ2n) is 6.28. The van der Waals surface area contributed by atoms with Gasteiger partial charge in [0.15, 0.2) is 0 Å². The smallest absolute Gasteiger partial charge is 0.253 e. The van der Waals surface area contributed by atoms with Crippen LogP contribution in [0.5, 0.6) is 0 Å². The maximum Gasteiger partial charge on any atom is 0.253 e. The minimum Gasteiger partial charge on any atom is -0.339 e. The quantitative estimate of drug-likeness (QED) is 0.898. The van der Waals surface area contributed by atoms with Gasteiger partial charge in [-0.25, -0.2) is 0 Å². The zero-order valence-corrected chi connectivity index (χ0v) is 13.6. The Morgan fingerprint density at radius 3 is 2.50 bits per heavy atom. The van der Waals surface area contributed by atoms with Crippen LogP contribution in [0, 0.1) is 12.8 Å². The molecule has 2 amide bonds. The summed E-state index contributed by atoms with van der Waals surface area (Å²) in [4.78, 5) is 26.1. The predicted octanol–water partition coefficient (Wildman–Crippen LogP) is 2.15. The van der Waals surface area contributed by atoms with Crippen molar-refractivity contribution in [3.05, 3.63) is 29.3 Å². The van der Waals surface area contributed by atoms with Crippen molar-refractivity contribution in [2.75, 3.05) is 18.4 Å². The van der Waals surface area contributed by atoms with Crippen LogP contribution < -0.4 is 11.1 Å². The molecule has 1 aromatic carbocycles. The summed E-state index contributed by atoms with van der Waals surface area (Å²) in [5.41, 5.74) is 7.79. The highest BCUT2D eigenvalue weighted by Crippen LogP contribution is 2.21. The molecule has 2 rings (SSSR count). The lowest BCUT2D eigenvalue weighted by atomic mass is 9.98. The van der Waals surface area contributed by atoms with E-state index in [-0.39, 0.29) is 11.8 Å². The van der Waals surface area contributed by atoms with E-state index in [0.29, 0.717) is 17.2 Å². The lowest BCUT2D eigenvalue weighted by molar-refractivity contribution is -0.117. The van der Waals surface area contributed by atoms with Crippen LogP contribution in [0.25, 0.3) is 0 Å². The second-order valence-corrected chi connectivity index (χ2v) is 6.28. The van der Waals surface area contributed by atoms with Gasteiger partial charge >= 0.3 is 0 Å². The second kappa shape index (κ2) is 6.92. The van der Waals surface area contributed by atoms with Gasteiger partial charge in [0.25, 0.3) is 5.91 Å². The van der Waals surface area contributed by atoms with Crippen LogP contribution in [0.4, 0.5) is 5.69 Å². The van der Waals surface area contributed by atoms with Crippen LogP contribution in [-0.4, -0.2) is 35.8 Å². The molecule has 1 aromatic rings. The Kier molecular flexibility index (Phi) is 5.19. The third-order valence-corrected chi connectivity index (χ3v) is 4.22. The van der Waals surface area contributed by atoms with Gasteiger partial charge in [-0.3, -0.25) is 9.59 Å². The summed E-state index contributed by atoms with van der Waals surface area (Å²) in [5, 5.41) is 2.77. The first-order chi connectivity index (χ1) is 10.4. The summed E-state index contributed by atoms with van der Waals surface area (Å²) >= 11 is 0. The number of carbonyl (C=O) groups excluding carboxylic acids is 2. The molecule has 5 nitrogen and oxygen atoms in total. The number of hydrogen-bond donors (Lipinski definition) is 2. The van der Waals surface area contributed by atoms with Gasteiger partial charge < -0.3 is 16.0 Å². The van der Waals surface area contributed by atoms with Gasteiger partial charge in [0.2, 0.25) is 5.91 Å². The van der Waals surface area contributed by atoms with E-state index in [1.54, 1.807) is 19.1 Å². The normalized spacial score (nSPS) is 17.2. The van der Waals surface area contributed by atoms with Crippen LogP contribution in [0.15, 0.2) is 18.2 Å². The summed E-state index contributed by atoms with van der Waals surface area (Å²) < 4.78 is 0. The fraction of sp³-hybridized carbons (Fsp3) is 0.529. The first-order valence-electron chi connectivity index (χ1n) is 7.85. The zero-order chi connectivity index (χ0) is 16.3. The topological polar surface area (TPSA) is 75.4 Å². The highest BCUT2D eigenvalue weighted by Gasteiger charge is 2.21.